The van der Waals surface area contributed by atoms with E-state index in [0.29, 0.717) is 6.54 Å². The largest absolute Gasteiger partial charge is 0.395 e. The fourth-order valence-electron chi connectivity index (χ4n) is 1.26. The van der Waals surface area contributed by atoms with Gasteiger partial charge in [0.1, 0.15) is 0 Å². The summed E-state index contributed by atoms with van der Waals surface area (Å²) < 4.78 is 1.54. The molecule has 0 aliphatic heterocycles. The van der Waals surface area contributed by atoms with Crippen molar-refractivity contribution in [1.82, 2.24) is 4.57 Å². The van der Waals surface area contributed by atoms with Crippen LogP contribution < -0.4 is 5.56 Å². The van der Waals surface area contributed by atoms with Crippen molar-refractivity contribution in [3.63, 3.8) is 0 Å². The second-order valence-corrected chi connectivity index (χ2v) is 4.42. The summed E-state index contributed by atoms with van der Waals surface area (Å²) in [4.78, 5) is 11.3. The lowest BCUT2D eigenvalue weighted by Crippen LogP contribution is -2.23. The monoisotopic (exact) mass is 195 g/mol. The Morgan fingerprint density at radius 2 is 2.00 bits per heavy atom. The van der Waals surface area contributed by atoms with Gasteiger partial charge in [-0.2, -0.15) is 0 Å². The lowest BCUT2D eigenvalue weighted by atomic mass is 9.88. The molecular formula is C11H17NO2. The molecule has 0 unspecified atom stereocenters. The van der Waals surface area contributed by atoms with E-state index in [4.69, 9.17) is 5.11 Å². The van der Waals surface area contributed by atoms with E-state index in [1.165, 1.54) is 0 Å². The van der Waals surface area contributed by atoms with Crippen molar-refractivity contribution >= 4 is 0 Å². The quantitative estimate of drug-likeness (QED) is 0.769. The van der Waals surface area contributed by atoms with Crippen LogP contribution in [0.4, 0.5) is 0 Å². The third-order valence-corrected chi connectivity index (χ3v) is 2.19. The molecule has 1 rings (SSSR count). The Morgan fingerprint density at radius 1 is 1.36 bits per heavy atom. The number of pyridine rings is 1. The van der Waals surface area contributed by atoms with Gasteiger partial charge in [-0.15, -0.1) is 0 Å². The Labute approximate surface area is 84.0 Å². The summed E-state index contributed by atoms with van der Waals surface area (Å²) in [5.74, 6) is 0. The maximum atomic E-state index is 11.3. The minimum atomic E-state index is -0.0629. The smallest absolute Gasteiger partial charge is 0.250 e. The third-order valence-electron chi connectivity index (χ3n) is 2.19. The average molecular weight is 195 g/mol. The van der Waals surface area contributed by atoms with Crippen molar-refractivity contribution in [2.45, 2.75) is 32.7 Å². The van der Waals surface area contributed by atoms with Gasteiger partial charge in [0.2, 0.25) is 0 Å². The Morgan fingerprint density at radius 3 is 2.50 bits per heavy atom. The van der Waals surface area contributed by atoms with Crippen LogP contribution in [0, 0.1) is 0 Å². The van der Waals surface area contributed by atoms with Gasteiger partial charge >= 0.3 is 0 Å². The summed E-state index contributed by atoms with van der Waals surface area (Å²) in [6.45, 7) is 6.64. The highest BCUT2D eigenvalue weighted by atomic mass is 16.3. The van der Waals surface area contributed by atoms with Crippen molar-refractivity contribution in [2.75, 3.05) is 6.61 Å². The summed E-state index contributed by atoms with van der Waals surface area (Å²) in [6.07, 6.45) is 1.82. The van der Waals surface area contributed by atoms with Gasteiger partial charge in [0.05, 0.1) is 6.61 Å². The maximum absolute atomic E-state index is 11.3. The molecule has 78 valence electrons. The van der Waals surface area contributed by atoms with Crippen LogP contribution in [0.25, 0.3) is 0 Å². The van der Waals surface area contributed by atoms with Crippen LogP contribution in [0.2, 0.25) is 0 Å². The molecule has 3 heteroatoms. The Kier molecular flexibility index (Phi) is 3.11. The molecule has 0 atom stereocenters. The van der Waals surface area contributed by atoms with E-state index < -0.39 is 0 Å². The molecule has 1 aromatic heterocycles. The summed E-state index contributed by atoms with van der Waals surface area (Å²) in [5, 5.41) is 8.78. The lowest BCUT2D eigenvalue weighted by molar-refractivity contribution is 0.273. The molecule has 0 aliphatic rings. The zero-order valence-electron chi connectivity index (χ0n) is 8.95. The average Bonchev–Trinajstić information content (AvgIpc) is 2.07. The van der Waals surface area contributed by atoms with Crippen LogP contribution >= 0.6 is 0 Å². The molecule has 0 fully saturated rings. The van der Waals surface area contributed by atoms with Crippen molar-refractivity contribution < 1.29 is 5.11 Å². The van der Waals surface area contributed by atoms with Crippen molar-refractivity contribution in [3.05, 3.63) is 34.2 Å². The van der Waals surface area contributed by atoms with E-state index in [1.807, 2.05) is 12.3 Å². The van der Waals surface area contributed by atoms with Crippen LogP contribution in [0.1, 0.15) is 26.3 Å². The lowest BCUT2D eigenvalue weighted by Gasteiger charge is -2.19. The number of aliphatic hydroxyl groups excluding tert-OH is 1. The fourth-order valence-corrected chi connectivity index (χ4v) is 1.26. The van der Waals surface area contributed by atoms with Gasteiger partial charge in [-0.3, -0.25) is 4.79 Å². The first kappa shape index (κ1) is 11.0. The molecule has 0 saturated carbocycles. The molecular weight excluding hydrogens is 178 g/mol. The first-order valence-corrected chi connectivity index (χ1v) is 4.77. The van der Waals surface area contributed by atoms with Crippen LogP contribution in [0.5, 0.6) is 0 Å². The van der Waals surface area contributed by atoms with Gasteiger partial charge in [-0.05, 0) is 11.0 Å². The Balaban J connectivity index is 3.13. The van der Waals surface area contributed by atoms with Crippen LogP contribution in [0.3, 0.4) is 0 Å². The summed E-state index contributed by atoms with van der Waals surface area (Å²) >= 11 is 0. The van der Waals surface area contributed by atoms with Gasteiger partial charge in [-0.1, -0.05) is 26.8 Å². The van der Waals surface area contributed by atoms with Crippen molar-refractivity contribution in [3.8, 4) is 0 Å². The minimum absolute atomic E-state index is 0.00645. The van der Waals surface area contributed by atoms with Gasteiger partial charge in [0.15, 0.2) is 0 Å². The van der Waals surface area contributed by atoms with E-state index in [1.54, 1.807) is 10.6 Å². The highest BCUT2D eigenvalue weighted by molar-refractivity contribution is 5.18. The fraction of sp³-hybridized carbons (Fsp3) is 0.545. The molecule has 0 bridgehead atoms. The first-order chi connectivity index (χ1) is 6.45. The summed E-state index contributed by atoms with van der Waals surface area (Å²) in [6, 6.07) is 3.40. The SMILES string of the molecule is CC(C)(C)c1ccc(=O)n(CCO)c1. The van der Waals surface area contributed by atoms with E-state index in [-0.39, 0.29) is 17.6 Å². The van der Waals surface area contributed by atoms with Crippen molar-refractivity contribution in [2.24, 2.45) is 0 Å². The molecule has 0 radical (unpaired) electrons. The molecule has 1 heterocycles. The molecule has 0 aliphatic carbocycles. The standard InChI is InChI=1S/C11H17NO2/c1-11(2,3)9-4-5-10(14)12(8-9)6-7-13/h4-5,8,13H,6-7H2,1-3H3. The number of nitrogens with zero attached hydrogens (tertiary/aromatic N) is 1. The van der Waals surface area contributed by atoms with Gasteiger partial charge < -0.3 is 9.67 Å². The molecule has 3 nitrogen and oxygen atoms in total. The molecule has 0 saturated heterocycles. The minimum Gasteiger partial charge on any atom is -0.395 e. The molecule has 1 N–H and O–H groups in total. The summed E-state index contributed by atoms with van der Waals surface area (Å²) in [7, 11) is 0. The van der Waals surface area contributed by atoms with Crippen LogP contribution in [-0.4, -0.2) is 16.3 Å². The van der Waals surface area contributed by atoms with E-state index >= 15 is 0 Å². The van der Waals surface area contributed by atoms with Gasteiger partial charge in [0.25, 0.3) is 5.56 Å². The van der Waals surface area contributed by atoms with Crippen molar-refractivity contribution in [1.29, 1.82) is 0 Å². The number of hydrogen-bond acceptors (Lipinski definition) is 2. The number of aliphatic hydroxyl groups is 1. The second kappa shape index (κ2) is 3.96. The summed E-state index contributed by atoms with van der Waals surface area (Å²) in [5.41, 5.74) is 1.07. The zero-order chi connectivity index (χ0) is 10.8. The van der Waals surface area contributed by atoms with Crippen LogP contribution in [-0.2, 0) is 12.0 Å². The van der Waals surface area contributed by atoms with Crippen LogP contribution in [0.15, 0.2) is 23.1 Å². The zero-order valence-corrected chi connectivity index (χ0v) is 8.95. The highest BCUT2D eigenvalue weighted by Gasteiger charge is 2.14. The van der Waals surface area contributed by atoms with Gasteiger partial charge in [0, 0.05) is 18.8 Å². The molecule has 0 amide bonds. The molecule has 14 heavy (non-hydrogen) atoms. The Bertz CT molecular complexity index is 360. The Hall–Kier alpha value is -1.09. The maximum Gasteiger partial charge on any atom is 0.250 e. The van der Waals surface area contributed by atoms with E-state index in [2.05, 4.69) is 20.8 Å². The van der Waals surface area contributed by atoms with E-state index in [9.17, 15) is 4.79 Å². The predicted molar refractivity (Wildman–Crippen MR) is 56.5 cm³/mol. The first-order valence-electron chi connectivity index (χ1n) is 4.77. The molecule has 1 aromatic rings. The number of rotatable bonds is 2. The topological polar surface area (TPSA) is 42.2 Å². The third kappa shape index (κ3) is 2.45. The molecule has 0 aromatic carbocycles. The second-order valence-electron chi connectivity index (χ2n) is 4.42. The van der Waals surface area contributed by atoms with Gasteiger partial charge in [-0.25, -0.2) is 0 Å². The van der Waals surface area contributed by atoms with E-state index in [0.717, 1.165) is 5.56 Å². The normalized spacial score (nSPS) is 11.7. The molecule has 0 spiro atoms. The number of aromatic nitrogens is 1. The predicted octanol–water partition coefficient (Wildman–Crippen LogP) is 1.14. The highest BCUT2D eigenvalue weighted by Crippen LogP contribution is 2.20. The number of hydrogen-bond donors (Lipinski definition) is 1.